The van der Waals surface area contributed by atoms with E-state index in [2.05, 4.69) is 79.1 Å². The van der Waals surface area contributed by atoms with E-state index in [1.807, 2.05) is 0 Å². The van der Waals surface area contributed by atoms with Crippen LogP contribution < -0.4 is 80.6 Å². The zero-order chi connectivity index (χ0) is 70.4. The topological polar surface area (TPSA) is 517 Å². The molecule has 1 aromatic heterocycles. The Morgan fingerprint density at radius 1 is 0.604 bits per heavy atom. The Kier molecular flexibility index (Phi) is 33.4. The molecule has 13 amide bonds. The summed E-state index contributed by atoms with van der Waals surface area (Å²) in [4.78, 5) is 203. The number of aromatic nitrogens is 2. The molecule has 3 fully saturated rings. The number of H-pyrrole nitrogens is 1. The number of aromatic hydroxyl groups is 1. The van der Waals surface area contributed by atoms with Gasteiger partial charge in [0.25, 0.3) is 0 Å². The molecule has 5 rings (SSSR count). The van der Waals surface area contributed by atoms with Crippen LogP contribution in [0.3, 0.4) is 0 Å². The fourth-order valence-electron chi connectivity index (χ4n) is 9.88. The third kappa shape index (κ3) is 27.0. The van der Waals surface area contributed by atoms with Crippen molar-refractivity contribution in [3.8, 4) is 5.75 Å². The van der Waals surface area contributed by atoms with Crippen molar-refractivity contribution in [2.45, 2.75) is 165 Å². The maximum atomic E-state index is 14.9. The highest BCUT2D eigenvalue weighted by atomic mass is 33.1. The number of phenols is 1. The lowest BCUT2D eigenvalue weighted by atomic mass is 10.0. The second-order valence-electron chi connectivity index (χ2n) is 23.8. The number of amides is 13. The van der Waals surface area contributed by atoms with E-state index in [0.717, 1.165) is 43.2 Å². The molecule has 0 saturated carbocycles. The molecular weight excluding hydrogens is 1330 g/mol. The van der Waals surface area contributed by atoms with Gasteiger partial charge in [0.1, 0.15) is 72.2 Å². The SMILES string of the molecule is CC(C)C[C@@H]1NC(=O)[C@H](CCCCN)NC(=O)[C@H](Cc2ccc(O)cc2)NC(=O)CNC(=O)[C@@H]2CSSC[C@H](NC1=O)C(=O)N[C@@H](Cc1cnc[nH]1)C(=O)N[C@H](CCCCN)C(=O)N[C@H](C(=O)O)CSSC[C@H](NC(=O)[C@@H](NC(=O)CNC(=O)[C@@H]1CCC(=O)N1)C(C)C)C(=O)N2. The maximum absolute atomic E-state index is 14.9. The van der Waals surface area contributed by atoms with Crippen molar-refractivity contribution in [1.82, 2.24) is 79.1 Å². The summed E-state index contributed by atoms with van der Waals surface area (Å²) >= 11 is 0. The van der Waals surface area contributed by atoms with E-state index in [9.17, 15) is 77.3 Å². The number of carbonyl (C=O) groups is 14. The molecule has 3 aliphatic heterocycles. The summed E-state index contributed by atoms with van der Waals surface area (Å²) in [7, 11) is 3.57. The quantitative estimate of drug-likeness (QED) is 0.0396. The van der Waals surface area contributed by atoms with Gasteiger partial charge in [-0.05, 0) is 94.0 Å². The number of hydrogen-bond donors (Lipinski definition) is 18. The van der Waals surface area contributed by atoms with E-state index >= 15 is 0 Å². The number of carboxylic acids is 1. The van der Waals surface area contributed by atoms with Crippen LogP contribution in [-0.4, -0.2) is 219 Å². The highest BCUT2D eigenvalue weighted by Gasteiger charge is 2.38. The number of aromatic amines is 1. The molecule has 0 radical (unpaired) electrons. The first-order valence-corrected chi connectivity index (χ1v) is 36.5. The molecular formula is C59H89N17O16S4. The number of hydrogen-bond acceptors (Lipinski definition) is 22. The van der Waals surface area contributed by atoms with Gasteiger partial charge in [0.15, 0.2) is 0 Å². The normalized spacial score (nSPS) is 24.8. The second kappa shape index (κ2) is 40.6. The zero-order valence-corrected chi connectivity index (χ0v) is 57.0. The summed E-state index contributed by atoms with van der Waals surface area (Å²) in [5.41, 5.74) is 12.4. The largest absolute Gasteiger partial charge is 0.508 e. The fourth-order valence-corrected chi connectivity index (χ4v) is 14.5. The van der Waals surface area contributed by atoms with Crippen molar-refractivity contribution in [3.63, 3.8) is 0 Å². The summed E-state index contributed by atoms with van der Waals surface area (Å²) in [6.07, 6.45) is 3.92. The first-order valence-electron chi connectivity index (χ1n) is 31.5. The van der Waals surface area contributed by atoms with Gasteiger partial charge in [-0.25, -0.2) is 9.78 Å². The van der Waals surface area contributed by atoms with Crippen LogP contribution in [-0.2, 0) is 80.0 Å². The summed E-state index contributed by atoms with van der Waals surface area (Å²) in [6, 6.07) is -10.0. The van der Waals surface area contributed by atoms with Crippen LogP contribution in [0.15, 0.2) is 36.8 Å². The van der Waals surface area contributed by atoms with Crippen molar-refractivity contribution >= 4 is 126 Å². The van der Waals surface area contributed by atoms with Gasteiger partial charge in [-0.3, -0.25) is 62.3 Å². The average molecular weight is 1420 g/mol. The van der Waals surface area contributed by atoms with Crippen molar-refractivity contribution < 1.29 is 77.3 Å². The third-order valence-electron chi connectivity index (χ3n) is 15.2. The highest BCUT2D eigenvalue weighted by Crippen LogP contribution is 2.26. The number of rotatable bonds is 22. The van der Waals surface area contributed by atoms with Crippen molar-refractivity contribution in [2.75, 3.05) is 49.2 Å². The van der Waals surface area contributed by atoms with Gasteiger partial charge in [-0.15, -0.1) is 0 Å². The first kappa shape index (κ1) is 78.8. The molecule has 20 N–H and O–H groups in total. The molecule has 2 bridgehead atoms. The molecule has 3 saturated heterocycles. The predicted molar refractivity (Wildman–Crippen MR) is 358 cm³/mol. The van der Waals surface area contributed by atoms with E-state index in [0.29, 0.717) is 30.5 Å². The van der Waals surface area contributed by atoms with Crippen LogP contribution in [0, 0.1) is 11.8 Å². The number of benzene rings is 1. The Hall–Kier alpha value is -7.87. The Labute approximate surface area is 570 Å². The Bertz CT molecular complexity index is 3030. The van der Waals surface area contributed by atoms with Crippen LogP contribution in [0.4, 0.5) is 0 Å². The minimum atomic E-state index is -1.64. The van der Waals surface area contributed by atoms with E-state index < -0.39 is 162 Å². The number of nitrogens with one attached hydrogen (secondary N) is 14. The van der Waals surface area contributed by atoms with Crippen LogP contribution >= 0.6 is 43.2 Å². The minimum absolute atomic E-state index is 0.00407. The number of phenolic OH excluding ortho intramolecular Hbond substituents is 1. The third-order valence-corrected chi connectivity index (χ3v) is 20.0. The van der Waals surface area contributed by atoms with Gasteiger partial charge in [-0.2, -0.15) is 0 Å². The lowest BCUT2D eigenvalue weighted by molar-refractivity contribution is -0.141. The standard InChI is InChI=1S/C59H89N17O16S4/c1-30(2)19-38-53(85)73-42-26-94-93-25-41(50(82)64-23-46(79)67-39(20-32-11-13-34(77)14-12-32)54(86)68-35(51(83)70-38)9-5-7-17-60)72-57(89)43(74-58(90)48(31(3)4)76-47(80)24-63-49(81)37-15-16-45(78)66-37)27-95-96-28-44(59(91)92)75-52(84)36(10-6-8-18-61)69-55(87)40(71-56(42)88)21-33-22-62-29-65-33/h11-14,22,29-31,35-44,48,77H,5-10,15-21,23-28,60-61H2,1-4H3,(H,62,65)(H,63,81)(H,64,82)(H,66,78)(H,67,79)(H,68,86)(H,69,87)(H,70,83)(H,71,88)(H,72,89)(H,73,85)(H,74,90)(H,75,84)(H,76,80)(H,91,92)/t35-,36+,37-,38-,39-,40-,41-,42-,43-,44-,48-/m0/s1. The molecule has 3 aliphatic rings. The van der Waals surface area contributed by atoms with Crippen molar-refractivity contribution in [1.29, 1.82) is 0 Å². The summed E-state index contributed by atoms with van der Waals surface area (Å²) in [5.74, 6) is -15.0. The van der Waals surface area contributed by atoms with Crippen LogP contribution in [0.2, 0.25) is 0 Å². The first-order chi connectivity index (χ1) is 45.7. The summed E-state index contributed by atoms with van der Waals surface area (Å²) in [5, 5.41) is 54.2. The number of nitrogens with zero attached hydrogens (tertiary/aromatic N) is 1. The number of imidazole rings is 1. The van der Waals surface area contributed by atoms with Crippen LogP contribution in [0.1, 0.15) is 96.7 Å². The number of fused-ring (bicyclic) bond motifs is 5. The molecule has 33 nitrogen and oxygen atoms in total. The Morgan fingerprint density at radius 3 is 1.73 bits per heavy atom. The van der Waals surface area contributed by atoms with Crippen molar-refractivity contribution in [3.05, 3.63) is 48.0 Å². The number of aliphatic carboxylic acids is 1. The molecule has 2 aromatic rings. The van der Waals surface area contributed by atoms with Gasteiger partial charge in [0.05, 0.1) is 19.4 Å². The Morgan fingerprint density at radius 2 is 1.16 bits per heavy atom. The average Bonchev–Trinajstić information content (AvgIpc) is 1.10. The van der Waals surface area contributed by atoms with E-state index in [1.54, 1.807) is 27.7 Å². The number of carbonyl (C=O) groups excluding carboxylic acids is 13. The minimum Gasteiger partial charge on any atom is -0.508 e. The van der Waals surface area contributed by atoms with E-state index in [4.69, 9.17) is 11.5 Å². The van der Waals surface area contributed by atoms with Gasteiger partial charge >= 0.3 is 5.97 Å². The Balaban J connectivity index is 1.60. The molecule has 11 atom stereocenters. The molecule has 37 heteroatoms. The summed E-state index contributed by atoms with van der Waals surface area (Å²) < 4.78 is 0. The van der Waals surface area contributed by atoms with E-state index in [-0.39, 0.29) is 105 Å². The zero-order valence-electron chi connectivity index (χ0n) is 53.7. The van der Waals surface area contributed by atoms with Gasteiger partial charge in [0.2, 0.25) is 76.8 Å². The van der Waals surface area contributed by atoms with Crippen LogP contribution in [0.25, 0.3) is 0 Å². The lowest BCUT2D eigenvalue weighted by Gasteiger charge is -2.29. The monoisotopic (exact) mass is 1420 g/mol. The molecule has 530 valence electrons. The molecule has 4 heterocycles. The number of unbranched alkanes of at least 4 members (excludes halogenated alkanes) is 2. The van der Waals surface area contributed by atoms with E-state index in [1.165, 1.54) is 36.8 Å². The highest BCUT2D eigenvalue weighted by molar-refractivity contribution is 8.77. The smallest absolute Gasteiger partial charge is 0.327 e. The molecule has 0 spiro atoms. The number of carboxylic acid groups (broad SMARTS) is 1. The van der Waals surface area contributed by atoms with Gasteiger partial charge in [0, 0.05) is 54.2 Å². The number of nitrogens with two attached hydrogens (primary N) is 2. The second-order valence-corrected chi connectivity index (χ2v) is 28.9. The van der Waals surface area contributed by atoms with Crippen molar-refractivity contribution in [2.24, 2.45) is 23.3 Å². The summed E-state index contributed by atoms with van der Waals surface area (Å²) in [6.45, 7) is 5.73. The molecule has 96 heavy (non-hydrogen) atoms. The molecule has 0 aliphatic carbocycles. The van der Waals surface area contributed by atoms with Gasteiger partial charge < -0.3 is 95.8 Å². The van der Waals surface area contributed by atoms with Crippen LogP contribution in [0.5, 0.6) is 5.75 Å². The molecule has 0 unspecified atom stereocenters. The maximum Gasteiger partial charge on any atom is 0.327 e. The fraction of sp³-hybridized carbons (Fsp3) is 0.610. The predicted octanol–water partition coefficient (Wildman–Crippen LogP) is -3.91. The van der Waals surface area contributed by atoms with Gasteiger partial charge in [-0.1, -0.05) is 83.0 Å². The molecule has 1 aromatic carbocycles. The lowest BCUT2D eigenvalue weighted by Crippen LogP contribution is -2.61.